The Morgan fingerprint density at radius 3 is 2.53 bits per heavy atom. The summed E-state index contributed by atoms with van der Waals surface area (Å²) in [6.07, 6.45) is 0.531. The summed E-state index contributed by atoms with van der Waals surface area (Å²) in [7, 11) is 0. The molecule has 0 spiro atoms. The van der Waals surface area contributed by atoms with Crippen LogP contribution in [0.5, 0.6) is 0 Å². The summed E-state index contributed by atoms with van der Waals surface area (Å²) < 4.78 is 0. The van der Waals surface area contributed by atoms with E-state index < -0.39 is 17.2 Å². The maximum absolute atomic E-state index is 11.6. The molecule has 7 nitrogen and oxygen atoms in total. The molecule has 0 bridgehead atoms. The molecule has 1 amide bonds. The average Bonchev–Trinajstić information content (AvgIpc) is 2.39. The number of hydrogen-bond acceptors (Lipinski definition) is 4. The van der Waals surface area contributed by atoms with Gasteiger partial charge in [0.05, 0.1) is 17.1 Å². The second kappa shape index (κ2) is 5.07. The minimum atomic E-state index is -0.735. The lowest BCUT2D eigenvalue weighted by Gasteiger charge is -2.10. The number of aromatic amines is 2. The summed E-state index contributed by atoms with van der Waals surface area (Å²) in [4.78, 5) is 38.9. The Kier molecular flexibility index (Phi) is 3.48. The highest BCUT2D eigenvalue weighted by molar-refractivity contribution is 5.96. The zero-order valence-corrected chi connectivity index (χ0v) is 10.3. The van der Waals surface area contributed by atoms with E-state index in [2.05, 4.69) is 15.3 Å². The number of aromatic nitrogens is 2. The van der Waals surface area contributed by atoms with Gasteiger partial charge in [-0.15, -0.1) is 0 Å². The first-order chi connectivity index (χ1) is 9.01. The van der Waals surface area contributed by atoms with E-state index in [4.69, 9.17) is 5.73 Å². The van der Waals surface area contributed by atoms with Gasteiger partial charge < -0.3 is 21.0 Å². The van der Waals surface area contributed by atoms with Crippen LogP contribution >= 0.6 is 0 Å². The lowest BCUT2D eigenvalue weighted by Crippen LogP contribution is -2.34. The van der Waals surface area contributed by atoms with Gasteiger partial charge in [-0.2, -0.15) is 0 Å². The number of carbonyl (C=O) groups is 1. The molecule has 2 rings (SSSR count). The van der Waals surface area contributed by atoms with Crippen molar-refractivity contribution in [1.82, 2.24) is 9.97 Å². The van der Waals surface area contributed by atoms with Crippen LogP contribution in [0.25, 0.3) is 11.0 Å². The van der Waals surface area contributed by atoms with Crippen molar-refractivity contribution in [3.8, 4) is 0 Å². The summed E-state index contributed by atoms with van der Waals surface area (Å²) in [5.74, 6) is -0.298. The van der Waals surface area contributed by atoms with E-state index in [1.807, 2.05) is 6.92 Å². The lowest BCUT2D eigenvalue weighted by molar-refractivity contribution is -0.117. The molecule has 1 aromatic carbocycles. The molecule has 100 valence electrons. The van der Waals surface area contributed by atoms with Crippen molar-refractivity contribution >= 4 is 22.6 Å². The minimum absolute atomic E-state index is 0.298. The first-order valence-electron chi connectivity index (χ1n) is 5.84. The molecule has 1 atom stereocenters. The maximum Gasteiger partial charge on any atom is 0.314 e. The number of hydrogen-bond donors (Lipinski definition) is 4. The van der Waals surface area contributed by atoms with Gasteiger partial charge in [0, 0.05) is 5.69 Å². The third kappa shape index (κ3) is 2.71. The van der Waals surface area contributed by atoms with E-state index in [0.717, 1.165) is 0 Å². The van der Waals surface area contributed by atoms with Gasteiger partial charge in [0.25, 0.3) is 0 Å². The largest absolute Gasteiger partial charge is 0.325 e. The number of rotatable bonds is 3. The van der Waals surface area contributed by atoms with Gasteiger partial charge in [0.15, 0.2) is 0 Å². The number of benzene rings is 1. The molecule has 0 radical (unpaired) electrons. The van der Waals surface area contributed by atoms with Crippen molar-refractivity contribution in [2.24, 2.45) is 5.73 Å². The molecule has 0 saturated carbocycles. The molecule has 0 aliphatic heterocycles. The van der Waals surface area contributed by atoms with Gasteiger partial charge in [-0.3, -0.25) is 14.4 Å². The summed E-state index contributed by atoms with van der Waals surface area (Å²) in [5.41, 5.74) is 5.59. The monoisotopic (exact) mass is 262 g/mol. The van der Waals surface area contributed by atoms with Crippen LogP contribution in [0.1, 0.15) is 13.3 Å². The molecule has 1 heterocycles. The Morgan fingerprint density at radius 1 is 1.26 bits per heavy atom. The molecular weight excluding hydrogens is 248 g/mol. The fourth-order valence-corrected chi connectivity index (χ4v) is 1.61. The van der Waals surface area contributed by atoms with E-state index >= 15 is 0 Å². The fourth-order valence-electron chi connectivity index (χ4n) is 1.61. The standard InChI is InChI=1S/C12H14N4O3/c1-2-7(13)10(17)14-6-3-4-8-9(5-6)16-12(19)11(18)15-8/h3-5,7H,2,13H2,1H3,(H,14,17)(H,15,18)(H,16,19)/t7-/m1/s1. The van der Waals surface area contributed by atoms with E-state index in [9.17, 15) is 14.4 Å². The molecule has 19 heavy (non-hydrogen) atoms. The predicted octanol–water partition coefficient (Wildman–Crippen LogP) is -0.108. The highest BCUT2D eigenvalue weighted by atomic mass is 16.2. The number of carbonyl (C=O) groups excluding carboxylic acids is 1. The normalized spacial score (nSPS) is 12.3. The van der Waals surface area contributed by atoms with Crippen molar-refractivity contribution in [2.45, 2.75) is 19.4 Å². The zero-order chi connectivity index (χ0) is 14.0. The Hall–Kier alpha value is -2.41. The van der Waals surface area contributed by atoms with Crippen molar-refractivity contribution in [1.29, 1.82) is 0 Å². The highest BCUT2D eigenvalue weighted by Gasteiger charge is 2.11. The van der Waals surface area contributed by atoms with Gasteiger partial charge in [0.1, 0.15) is 0 Å². The van der Waals surface area contributed by atoms with E-state index in [1.54, 1.807) is 18.2 Å². The number of fused-ring (bicyclic) bond motifs is 1. The van der Waals surface area contributed by atoms with Crippen molar-refractivity contribution in [3.05, 3.63) is 38.9 Å². The van der Waals surface area contributed by atoms with Crippen LogP contribution in [-0.2, 0) is 4.79 Å². The van der Waals surface area contributed by atoms with E-state index in [1.165, 1.54) is 0 Å². The topological polar surface area (TPSA) is 121 Å². The Bertz CT molecular complexity index is 732. The van der Waals surface area contributed by atoms with Crippen LogP contribution in [0, 0.1) is 0 Å². The van der Waals surface area contributed by atoms with Gasteiger partial charge >= 0.3 is 11.1 Å². The number of nitrogens with one attached hydrogen (secondary N) is 3. The fraction of sp³-hybridized carbons (Fsp3) is 0.250. The van der Waals surface area contributed by atoms with Crippen molar-refractivity contribution in [2.75, 3.05) is 5.32 Å². The van der Waals surface area contributed by atoms with Crippen LogP contribution in [-0.4, -0.2) is 21.9 Å². The Balaban J connectivity index is 2.37. The smallest absolute Gasteiger partial charge is 0.314 e. The molecule has 0 unspecified atom stereocenters. The number of anilines is 1. The first-order valence-corrected chi connectivity index (χ1v) is 5.84. The first kappa shape index (κ1) is 13.0. The molecule has 0 aliphatic carbocycles. The molecule has 1 aromatic heterocycles. The lowest BCUT2D eigenvalue weighted by atomic mass is 10.2. The van der Waals surface area contributed by atoms with Crippen LogP contribution < -0.4 is 22.2 Å². The Morgan fingerprint density at radius 2 is 1.89 bits per heavy atom. The van der Waals surface area contributed by atoms with Crippen LogP contribution in [0.3, 0.4) is 0 Å². The third-order valence-electron chi connectivity index (χ3n) is 2.77. The predicted molar refractivity (Wildman–Crippen MR) is 72.1 cm³/mol. The third-order valence-corrected chi connectivity index (χ3v) is 2.77. The van der Waals surface area contributed by atoms with Gasteiger partial charge in [-0.25, -0.2) is 0 Å². The van der Waals surface area contributed by atoms with Gasteiger partial charge in [-0.05, 0) is 24.6 Å². The zero-order valence-electron chi connectivity index (χ0n) is 10.3. The van der Waals surface area contributed by atoms with Crippen LogP contribution in [0.2, 0.25) is 0 Å². The molecule has 0 saturated heterocycles. The molecule has 2 aromatic rings. The number of nitrogens with two attached hydrogens (primary N) is 1. The van der Waals surface area contributed by atoms with Crippen LogP contribution in [0.4, 0.5) is 5.69 Å². The van der Waals surface area contributed by atoms with E-state index in [-0.39, 0.29) is 5.91 Å². The average molecular weight is 262 g/mol. The minimum Gasteiger partial charge on any atom is -0.325 e. The molecule has 5 N–H and O–H groups in total. The summed E-state index contributed by atoms with van der Waals surface area (Å²) in [6, 6.07) is 4.20. The summed E-state index contributed by atoms with van der Waals surface area (Å²) in [6.45, 7) is 1.81. The maximum atomic E-state index is 11.6. The quantitative estimate of drug-likeness (QED) is 0.577. The van der Waals surface area contributed by atoms with Crippen molar-refractivity contribution < 1.29 is 4.79 Å². The highest BCUT2D eigenvalue weighted by Crippen LogP contribution is 2.14. The van der Waals surface area contributed by atoms with Crippen molar-refractivity contribution in [3.63, 3.8) is 0 Å². The van der Waals surface area contributed by atoms with Gasteiger partial charge in [-0.1, -0.05) is 6.92 Å². The Labute approximate surface area is 107 Å². The molecule has 0 aliphatic rings. The number of H-pyrrole nitrogens is 2. The molecule has 0 fully saturated rings. The second-order valence-electron chi connectivity index (χ2n) is 4.17. The second-order valence-corrected chi connectivity index (χ2v) is 4.17. The van der Waals surface area contributed by atoms with Gasteiger partial charge in [0.2, 0.25) is 5.91 Å². The SMILES string of the molecule is CC[C@@H](N)C(=O)Nc1ccc2[nH]c(=O)c(=O)[nH]c2c1. The molecular formula is C12H14N4O3. The summed E-state index contributed by atoms with van der Waals surface area (Å²) >= 11 is 0. The van der Waals surface area contributed by atoms with Crippen LogP contribution in [0.15, 0.2) is 27.8 Å². The molecule has 7 heteroatoms. The summed E-state index contributed by atoms with van der Waals surface area (Å²) in [5, 5.41) is 2.64. The number of amides is 1. The van der Waals surface area contributed by atoms with E-state index in [0.29, 0.717) is 23.1 Å².